The topological polar surface area (TPSA) is 16.4 Å². The summed E-state index contributed by atoms with van der Waals surface area (Å²) in [6.07, 6.45) is 0. The van der Waals surface area contributed by atoms with Gasteiger partial charge in [0.25, 0.3) is 0 Å². The molecule has 0 saturated heterocycles. The Morgan fingerprint density at radius 3 is 1.74 bits per heavy atom. The first-order valence-electron chi connectivity index (χ1n) is 18.3. The van der Waals surface area contributed by atoms with Gasteiger partial charge in [-0.1, -0.05) is 147 Å². The van der Waals surface area contributed by atoms with Crippen LogP contribution in [0.1, 0.15) is 25.0 Å². The van der Waals surface area contributed by atoms with Gasteiger partial charge in [0.2, 0.25) is 0 Å². The van der Waals surface area contributed by atoms with E-state index < -0.39 is 0 Å². The van der Waals surface area contributed by atoms with Crippen molar-refractivity contribution in [3.8, 4) is 44.5 Å². The summed E-state index contributed by atoms with van der Waals surface area (Å²) in [5.41, 5.74) is 17.6. The third-order valence-electron chi connectivity index (χ3n) is 11.1. The first kappa shape index (κ1) is 31.1. The van der Waals surface area contributed by atoms with Gasteiger partial charge in [0, 0.05) is 38.8 Å². The van der Waals surface area contributed by atoms with Gasteiger partial charge in [-0.15, -0.1) is 0 Å². The third kappa shape index (κ3) is 5.18. The van der Waals surface area contributed by atoms with Crippen LogP contribution in [-0.4, -0.2) is 0 Å². The van der Waals surface area contributed by atoms with Gasteiger partial charge in [-0.05, 0) is 105 Å². The second kappa shape index (κ2) is 12.3. The summed E-state index contributed by atoms with van der Waals surface area (Å²) in [7, 11) is 0. The summed E-state index contributed by atoms with van der Waals surface area (Å²) in [6.45, 7) is 4.67. The van der Waals surface area contributed by atoms with Crippen LogP contribution in [-0.2, 0) is 5.41 Å². The number of rotatable bonds is 6. The molecule has 0 saturated carbocycles. The van der Waals surface area contributed by atoms with Gasteiger partial charge in [-0.3, -0.25) is 0 Å². The summed E-state index contributed by atoms with van der Waals surface area (Å²) < 4.78 is 6.45. The van der Waals surface area contributed by atoms with E-state index in [0.29, 0.717) is 0 Å². The Bertz CT molecular complexity index is 2820. The van der Waals surface area contributed by atoms with E-state index in [0.717, 1.165) is 50.1 Å². The monoisotopic (exact) mass is 679 g/mol. The van der Waals surface area contributed by atoms with Crippen molar-refractivity contribution in [3.05, 3.63) is 199 Å². The molecule has 0 radical (unpaired) electrons. The number of hydrogen-bond acceptors (Lipinski definition) is 2. The standard InChI is InChI=1S/C51H37NO/c1-51(2)47-26-8-6-22-43(47)46-33-37(28-29-48(46)51)35-15-10-14-34(30-35)36-16-11-20-40(31-36)52(39-18-4-3-5-19-39)41-21-12-17-38(32-41)42-24-13-25-45-44-23-7-9-27-49(44)53-50(42)45/h3-33H,1-2H3. The van der Waals surface area contributed by atoms with Crippen molar-refractivity contribution in [1.82, 2.24) is 0 Å². The second-order valence-electron chi connectivity index (χ2n) is 14.6. The molecule has 1 heterocycles. The number of anilines is 3. The molecule has 1 aliphatic carbocycles. The quantitative estimate of drug-likeness (QED) is 0.174. The molecule has 8 aromatic carbocycles. The third-order valence-corrected chi connectivity index (χ3v) is 11.1. The van der Waals surface area contributed by atoms with Crippen molar-refractivity contribution in [2.75, 3.05) is 4.90 Å². The Hall–Kier alpha value is -6.64. The maximum absolute atomic E-state index is 6.45. The Kier molecular flexibility index (Phi) is 7.19. The zero-order chi connectivity index (χ0) is 35.5. The molecule has 0 bridgehead atoms. The van der Waals surface area contributed by atoms with Crippen LogP contribution in [0.2, 0.25) is 0 Å². The number of benzene rings is 8. The smallest absolute Gasteiger partial charge is 0.143 e. The molecular formula is C51H37NO. The predicted molar refractivity (Wildman–Crippen MR) is 222 cm³/mol. The van der Waals surface area contributed by atoms with E-state index in [1.54, 1.807) is 0 Å². The van der Waals surface area contributed by atoms with Gasteiger partial charge < -0.3 is 9.32 Å². The van der Waals surface area contributed by atoms with E-state index in [1.165, 1.54) is 44.5 Å². The molecule has 53 heavy (non-hydrogen) atoms. The zero-order valence-corrected chi connectivity index (χ0v) is 29.8. The largest absolute Gasteiger partial charge is 0.455 e. The highest BCUT2D eigenvalue weighted by molar-refractivity contribution is 6.09. The fourth-order valence-corrected chi connectivity index (χ4v) is 8.41. The molecule has 0 unspecified atom stereocenters. The summed E-state index contributed by atoms with van der Waals surface area (Å²) in [5, 5.41) is 2.27. The maximum atomic E-state index is 6.45. The van der Waals surface area contributed by atoms with E-state index >= 15 is 0 Å². The average molecular weight is 680 g/mol. The molecule has 0 aliphatic heterocycles. The molecular weight excluding hydrogens is 643 g/mol. The summed E-state index contributed by atoms with van der Waals surface area (Å²) in [5.74, 6) is 0. The van der Waals surface area contributed by atoms with Gasteiger partial charge >= 0.3 is 0 Å². The highest BCUT2D eigenvalue weighted by Gasteiger charge is 2.35. The van der Waals surface area contributed by atoms with Crippen LogP contribution in [0.5, 0.6) is 0 Å². The lowest BCUT2D eigenvalue weighted by molar-refractivity contribution is 0.660. The van der Waals surface area contributed by atoms with Gasteiger partial charge in [-0.2, -0.15) is 0 Å². The van der Waals surface area contributed by atoms with Crippen LogP contribution in [0.25, 0.3) is 66.4 Å². The van der Waals surface area contributed by atoms with Crippen LogP contribution >= 0.6 is 0 Å². The number of fused-ring (bicyclic) bond motifs is 6. The minimum atomic E-state index is -0.00233. The summed E-state index contributed by atoms with van der Waals surface area (Å²) >= 11 is 0. The van der Waals surface area contributed by atoms with Crippen molar-refractivity contribution < 1.29 is 4.42 Å². The second-order valence-corrected chi connectivity index (χ2v) is 14.6. The molecule has 2 nitrogen and oxygen atoms in total. The minimum absolute atomic E-state index is 0.00233. The first-order valence-corrected chi connectivity index (χ1v) is 18.3. The normalized spacial score (nSPS) is 12.9. The number of para-hydroxylation sites is 3. The van der Waals surface area contributed by atoms with E-state index in [1.807, 2.05) is 12.1 Å². The van der Waals surface area contributed by atoms with E-state index in [2.05, 4.69) is 195 Å². The van der Waals surface area contributed by atoms with Crippen LogP contribution < -0.4 is 4.90 Å². The average Bonchev–Trinajstić information content (AvgIpc) is 3.71. The molecule has 252 valence electrons. The highest BCUT2D eigenvalue weighted by atomic mass is 16.3. The first-order chi connectivity index (χ1) is 26.0. The van der Waals surface area contributed by atoms with Crippen molar-refractivity contribution >= 4 is 39.0 Å². The van der Waals surface area contributed by atoms with Gasteiger partial charge in [-0.25, -0.2) is 0 Å². The zero-order valence-electron chi connectivity index (χ0n) is 29.8. The molecule has 2 heteroatoms. The van der Waals surface area contributed by atoms with Gasteiger partial charge in [0.15, 0.2) is 0 Å². The molecule has 0 fully saturated rings. The van der Waals surface area contributed by atoms with Crippen LogP contribution in [0.3, 0.4) is 0 Å². The highest BCUT2D eigenvalue weighted by Crippen LogP contribution is 2.49. The number of furan rings is 1. The number of hydrogen-bond donors (Lipinski definition) is 0. The van der Waals surface area contributed by atoms with Gasteiger partial charge in [0.05, 0.1) is 0 Å². The Morgan fingerprint density at radius 2 is 0.925 bits per heavy atom. The molecule has 0 amide bonds. The van der Waals surface area contributed by atoms with Crippen LogP contribution in [0, 0.1) is 0 Å². The Labute approximate surface area is 310 Å². The minimum Gasteiger partial charge on any atom is -0.455 e. The lowest BCUT2D eigenvalue weighted by atomic mass is 9.82. The van der Waals surface area contributed by atoms with E-state index in [4.69, 9.17) is 4.42 Å². The van der Waals surface area contributed by atoms with Crippen LogP contribution in [0.4, 0.5) is 17.1 Å². The summed E-state index contributed by atoms with van der Waals surface area (Å²) in [4.78, 5) is 2.34. The molecule has 0 atom stereocenters. The van der Waals surface area contributed by atoms with Crippen LogP contribution in [0.15, 0.2) is 192 Å². The van der Waals surface area contributed by atoms with Crippen molar-refractivity contribution in [2.45, 2.75) is 19.3 Å². The molecule has 1 aromatic heterocycles. The maximum Gasteiger partial charge on any atom is 0.143 e. The number of nitrogens with zero attached hydrogens (tertiary/aromatic N) is 1. The molecule has 9 aromatic rings. The molecule has 0 N–H and O–H groups in total. The molecule has 1 aliphatic rings. The molecule has 10 rings (SSSR count). The van der Waals surface area contributed by atoms with Crippen molar-refractivity contribution in [3.63, 3.8) is 0 Å². The molecule has 0 spiro atoms. The van der Waals surface area contributed by atoms with E-state index in [9.17, 15) is 0 Å². The van der Waals surface area contributed by atoms with E-state index in [-0.39, 0.29) is 5.41 Å². The lowest BCUT2D eigenvalue weighted by Gasteiger charge is -2.26. The Balaban J connectivity index is 1.04. The lowest BCUT2D eigenvalue weighted by Crippen LogP contribution is -2.14. The van der Waals surface area contributed by atoms with Crippen molar-refractivity contribution in [2.24, 2.45) is 0 Å². The predicted octanol–water partition coefficient (Wildman–Crippen LogP) is 14.4. The Morgan fingerprint density at radius 1 is 0.377 bits per heavy atom. The SMILES string of the molecule is CC1(C)c2ccccc2-c2cc(-c3cccc(-c4cccc(N(c5ccccc5)c5cccc(-c6cccc7c6oc6ccccc67)c5)c4)c3)ccc21. The fourth-order valence-electron chi connectivity index (χ4n) is 8.41. The fraction of sp³-hybridized carbons (Fsp3) is 0.0588. The van der Waals surface area contributed by atoms with Gasteiger partial charge in [0.1, 0.15) is 11.2 Å². The van der Waals surface area contributed by atoms with Crippen molar-refractivity contribution in [1.29, 1.82) is 0 Å². The summed E-state index contributed by atoms with van der Waals surface area (Å²) in [6, 6.07) is 67.8.